The number of nitrogens with zero attached hydrogens (tertiary/aromatic N) is 1. The zero-order chi connectivity index (χ0) is 17.6. The van der Waals surface area contributed by atoms with Gasteiger partial charge in [-0.1, -0.05) is 0 Å². The van der Waals surface area contributed by atoms with Gasteiger partial charge in [-0.3, -0.25) is 4.79 Å². The van der Waals surface area contributed by atoms with Crippen LogP contribution in [0.4, 0.5) is 9.18 Å². The molecule has 0 aromatic heterocycles. The summed E-state index contributed by atoms with van der Waals surface area (Å²) in [6.07, 6.45) is 6.49. The second-order valence-electron chi connectivity index (χ2n) is 8.88. The Morgan fingerprint density at radius 2 is 1.68 bits per heavy atom. The molecule has 1 saturated heterocycles. The van der Waals surface area contributed by atoms with Gasteiger partial charge in [-0.15, -0.1) is 0 Å². The van der Waals surface area contributed by atoms with Crippen molar-refractivity contribution in [3.63, 3.8) is 0 Å². The second kappa shape index (κ2) is 6.44. The molecule has 3 aliphatic carbocycles. The molecule has 2 N–H and O–H groups in total. The van der Waals surface area contributed by atoms with Gasteiger partial charge < -0.3 is 15.5 Å². The average molecular weight is 351 g/mol. The van der Waals surface area contributed by atoms with Gasteiger partial charge in [0.25, 0.3) is 0 Å². The molecule has 3 amide bonds. The fourth-order valence-corrected chi connectivity index (χ4v) is 6.01. The molecule has 4 aliphatic rings. The van der Waals surface area contributed by atoms with Crippen molar-refractivity contribution in [3.8, 4) is 0 Å². The number of urea groups is 1. The molecule has 3 saturated carbocycles. The monoisotopic (exact) mass is 351 g/mol. The zero-order valence-electron chi connectivity index (χ0n) is 15.1. The number of hydrogen-bond donors (Lipinski definition) is 2. The van der Waals surface area contributed by atoms with E-state index in [1.807, 2.05) is 4.90 Å². The minimum absolute atomic E-state index is 0.0997. The molecule has 1 aliphatic heterocycles. The Morgan fingerprint density at radius 3 is 2.40 bits per heavy atom. The number of likely N-dealkylation sites (tertiary alicyclic amines) is 1. The van der Waals surface area contributed by atoms with Crippen LogP contribution in [-0.4, -0.2) is 47.7 Å². The summed E-state index contributed by atoms with van der Waals surface area (Å²) in [5.41, 5.74) is -0.187. The van der Waals surface area contributed by atoms with E-state index in [0.29, 0.717) is 31.3 Å². The molecule has 4 rings (SSSR count). The van der Waals surface area contributed by atoms with Gasteiger partial charge in [0.05, 0.1) is 0 Å². The smallest absolute Gasteiger partial charge is 0.315 e. The van der Waals surface area contributed by atoms with E-state index in [0.717, 1.165) is 44.9 Å². The van der Waals surface area contributed by atoms with Crippen molar-refractivity contribution in [3.05, 3.63) is 0 Å². The number of carbonyl (C=O) groups excluding carboxylic acids is 2. The lowest BCUT2D eigenvalue weighted by Gasteiger charge is -2.40. The maximum Gasteiger partial charge on any atom is 0.315 e. The lowest BCUT2D eigenvalue weighted by atomic mass is 9.74. The maximum absolute atomic E-state index is 14.3. The fraction of sp³-hybridized carbons (Fsp3) is 0.895. The van der Waals surface area contributed by atoms with Crippen LogP contribution in [0, 0.1) is 17.8 Å². The zero-order valence-corrected chi connectivity index (χ0v) is 15.1. The highest BCUT2D eigenvalue weighted by molar-refractivity contribution is 5.75. The Morgan fingerprint density at radius 1 is 1.00 bits per heavy atom. The molecule has 0 radical (unpaired) electrons. The maximum atomic E-state index is 14.3. The number of halogens is 1. The van der Waals surface area contributed by atoms with Crippen LogP contribution in [0.5, 0.6) is 0 Å². The fourth-order valence-electron chi connectivity index (χ4n) is 6.01. The molecule has 5 nitrogen and oxygen atoms in total. The summed E-state index contributed by atoms with van der Waals surface area (Å²) in [4.78, 5) is 25.8. The van der Waals surface area contributed by atoms with E-state index in [4.69, 9.17) is 0 Å². The van der Waals surface area contributed by atoms with E-state index < -0.39 is 6.17 Å². The van der Waals surface area contributed by atoms with Gasteiger partial charge in [0.15, 0.2) is 0 Å². The first-order chi connectivity index (χ1) is 11.9. The first kappa shape index (κ1) is 17.1. The topological polar surface area (TPSA) is 61.4 Å². The van der Waals surface area contributed by atoms with Crippen molar-refractivity contribution >= 4 is 11.9 Å². The van der Waals surface area contributed by atoms with E-state index in [1.165, 1.54) is 0 Å². The summed E-state index contributed by atoms with van der Waals surface area (Å²) >= 11 is 0. The van der Waals surface area contributed by atoms with Gasteiger partial charge in [-0.25, -0.2) is 9.18 Å². The normalized spacial score (nSPS) is 40.6. The van der Waals surface area contributed by atoms with E-state index in [2.05, 4.69) is 10.6 Å². The number of hydrogen-bond acceptors (Lipinski definition) is 2. The van der Waals surface area contributed by atoms with Gasteiger partial charge in [0, 0.05) is 31.6 Å². The molecule has 0 spiro atoms. The van der Waals surface area contributed by atoms with Crippen LogP contribution < -0.4 is 10.6 Å². The van der Waals surface area contributed by atoms with Gasteiger partial charge >= 0.3 is 6.03 Å². The molecule has 140 valence electrons. The largest absolute Gasteiger partial charge is 0.343 e. The van der Waals surface area contributed by atoms with Crippen LogP contribution in [-0.2, 0) is 4.79 Å². The van der Waals surface area contributed by atoms with Crippen molar-refractivity contribution in [1.82, 2.24) is 15.5 Å². The van der Waals surface area contributed by atoms with Gasteiger partial charge in [-0.05, 0) is 69.1 Å². The van der Waals surface area contributed by atoms with Crippen molar-refractivity contribution in [2.24, 2.45) is 17.8 Å². The number of alkyl halides is 1. The third-order valence-electron chi connectivity index (χ3n) is 7.21. The highest BCUT2D eigenvalue weighted by atomic mass is 19.1. The van der Waals surface area contributed by atoms with E-state index in [-0.39, 0.29) is 29.4 Å². The molecule has 5 unspecified atom stereocenters. The highest BCUT2D eigenvalue weighted by Crippen LogP contribution is 2.55. The van der Waals surface area contributed by atoms with Crippen molar-refractivity contribution < 1.29 is 14.0 Å². The summed E-state index contributed by atoms with van der Waals surface area (Å²) in [7, 11) is 0. The van der Waals surface area contributed by atoms with E-state index in [1.54, 1.807) is 6.92 Å². The molecule has 6 heteroatoms. The number of rotatable bonds is 2. The van der Waals surface area contributed by atoms with Gasteiger partial charge in [-0.2, -0.15) is 0 Å². The van der Waals surface area contributed by atoms with Gasteiger partial charge in [0.2, 0.25) is 5.91 Å². The Balaban J connectivity index is 1.33. The standard InChI is InChI=1S/C19H30FN3O2/c1-12(24)23-6-4-16(5-7-23)21-18(25)22-19-9-13-2-3-17(20)15(11-19)8-14(13)10-19/h13-17H,2-11H2,1H3,(H2,21,22,25). The van der Waals surface area contributed by atoms with Crippen LogP contribution in [0.3, 0.4) is 0 Å². The quantitative estimate of drug-likeness (QED) is 0.803. The predicted molar refractivity (Wildman–Crippen MR) is 92.7 cm³/mol. The molecular formula is C19H30FN3O2. The summed E-state index contributed by atoms with van der Waals surface area (Å²) < 4.78 is 14.3. The number of carbonyl (C=O) groups is 2. The number of piperidine rings is 1. The van der Waals surface area contributed by atoms with Crippen LogP contribution in [0.25, 0.3) is 0 Å². The van der Waals surface area contributed by atoms with Crippen molar-refractivity contribution in [1.29, 1.82) is 0 Å². The SMILES string of the molecule is CC(=O)N1CCC(NC(=O)NC23CC4CC(C2)C(CCC4F)C3)CC1. The van der Waals surface area contributed by atoms with Crippen LogP contribution in [0.1, 0.15) is 58.3 Å². The first-order valence-corrected chi connectivity index (χ1v) is 9.92. The highest BCUT2D eigenvalue weighted by Gasteiger charge is 2.54. The third-order valence-corrected chi connectivity index (χ3v) is 7.21. The lowest BCUT2D eigenvalue weighted by Crippen LogP contribution is -2.56. The molecule has 5 atom stereocenters. The lowest BCUT2D eigenvalue weighted by molar-refractivity contribution is -0.129. The predicted octanol–water partition coefficient (Wildman–Crippen LogP) is 2.60. The summed E-state index contributed by atoms with van der Waals surface area (Å²) in [5.74, 6) is 1.42. The molecule has 25 heavy (non-hydrogen) atoms. The number of amides is 3. The van der Waals surface area contributed by atoms with Crippen LogP contribution in [0.15, 0.2) is 0 Å². The molecule has 1 heterocycles. The van der Waals surface area contributed by atoms with E-state index in [9.17, 15) is 14.0 Å². The Bertz CT molecular complexity index is 549. The summed E-state index contributed by atoms with van der Waals surface area (Å²) in [6, 6.07) is 0.0264. The molecule has 4 fully saturated rings. The summed E-state index contributed by atoms with van der Waals surface area (Å²) in [5, 5.41) is 6.36. The molecular weight excluding hydrogens is 321 g/mol. The molecule has 0 aromatic rings. The second-order valence-corrected chi connectivity index (χ2v) is 8.88. The molecule has 3 bridgehead atoms. The van der Waals surface area contributed by atoms with E-state index >= 15 is 0 Å². The average Bonchev–Trinajstić information content (AvgIpc) is 2.76. The van der Waals surface area contributed by atoms with Gasteiger partial charge in [0.1, 0.15) is 6.17 Å². The minimum atomic E-state index is -0.687. The Hall–Kier alpha value is -1.33. The first-order valence-electron chi connectivity index (χ1n) is 9.92. The number of fused-ring (bicyclic) bond motifs is 2. The Labute approximate surface area is 149 Å². The third kappa shape index (κ3) is 3.36. The number of nitrogens with one attached hydrogen (secondary N) is 2. The summed E-state index contributed by atoms with van der Waals surface area (Å²) in [6.45, 7) is 3.01. The Kier molecular flexibility index (Phi) is 4.40. The van der Waals surface area contributed by atoms with Crippen LogP contribution >= 0.6 is 0 Å². The molecule has 0 aromatic carbocycles. The minimum Gasteiger partial charge on any atom is -0.343 e. The van der Waals surface area contributed by atoms with Crippen LogP contribution in [0.2, 0.25) is 0 Å². The van der Waals surface area contributed by atoms with Crippen molar-refractivity contribution in [2.45, 2.75) is 76.0 Å². The van der Waals surface area contributed by atoms with Crippen molar-refractivity contribution in [2.75, 3.05) is 13.1 Å².